The Labute approximate surface area is 160 Å². The molecule has 0 N–H and O–H groups in total. The van der Waals surface area contributed by atoms with Crippen molar-refractivity contribution in [1.29, 1.82) is 0 Å². The molecule has 4 rings (SSSR count). The highest BCUT2D eigenvalue weighted by molar-refractivity contribution is 8.00. The second-order valence-corrected chi connectivity index (χ2v) is 7.50. The highest BCUT2D eigenvalue weighted by Gasteiger charge is 2.39. The molecule has 3 aromatic rings. The minimum absolute atomic E-state index is 0.00548. The summed E-state index contributed by atoms with van der Waals surface area (Å²) in [5, 5.41) is 4.00. The minimum atomic E-state index is -0.279. The van der Waals surface area contributed by atoms with Gasteiger partial charge in [0, 0.05) is 29.8 Å². The van der Waals surface area contributed by atoms with Crippen LogP contribution in [-0.2, 0) is 4.79 Å². The Hall–Kier alpha value is -2.67. The van der Waals surface area contributed by atoms with E-state index in [9.17, 15) is 9.18 Å². The van der Waals surface area contributed by atoms with E-state index < -0.39 is 0 Å². The second-order valence-electron chi connectivity index (χ2n) is 6.45. The predicted molar refractivity (Wildman–Crippen MR) is 99.9 cm³/mol. The van der Waals surface area contributed by atoms with Crippen molar-refractivity contribution >= 4 is 17.7 Å². The van der Waals surface area contributed by atoms with Crippen molar-refractivity contribution in [2.45, 2.75) is 16.7 Å². The number of amides is 1. The third-order valence-electron chi connectivity index (χ3n) is 4.79. The van der Waals surface area contributed by atoms with Crippen LogP contribution >= 0.6 is 11.8 Å². The van der Waals surface area contributed by atoms with Crippen molar-refractivity contribution < 1.29 is 13.7 Å². The highest BCUT2D eigenvalue weighted by Crippen LogP contribution is 2.38. The number of carbonyl (C=O) groups is 1. The normalized spacial score (nSPS) is 19.4. The van der Waals surface area contributed by atoms with Gasteiger partial charge in [-0.05, 0) is 29.8 Å². The SMILES string of the molecule is O=C(CSc1ccc(F)cc1)N1C[C@H](c2ncon2)[C@H](c2ccccc2)C1. The third kappa shape index (κ3) is 4.03. The summed E-state index contributed by atoms with van der Waals surface area (Å²) >= 11 is 1.41. The molecule has 1 saturated heterocycles. The number of halogens is 1. The van der Waals surface area contributed by atoms with Crippen molar-refractivity contribution in [2.75, 3.05) is 18.8 Å². The molecular formula is C20H18FN3O2S. The van der Waals surface area contributed by atoms with Crippen LogP contribution in [-0.4, -0.2) is 39.8 Å². The summed E-state index contributed by atoms with van der Waals surface area (Å²) in [6, 6.07) is 16.3. The first-order chi connectivity index (χ1) is 13.2. The smallest absolute Gasteiger partial charge is 0.232 e. The standard InChI is InChI=1S/C20H18FN3O2S/c21-15-6-8-16(9-7-15)27-12-19(25)24-10-17(14-4-2-1-3-5-14)18(11-24)20-22-13-26-23-20/h1-9,13,17-18H,10-12H2/t17-,18-/m0/s1. The van der Waals surface area contributed by atoms with Gasteiger partial charge in [0.2, 0.25) is 12.3 Å². The summed E-state index contributed by atoms with van der Waals surface area (Å²) in [5.74, 6) is 0.849. The fraction of sp³-hybridized carbons (Fsp3) is 0.250. The van der Waals surface area contributed by atoms with Gasteiger partial charge in [0.1, 0.15) is 5.82 Å². The summed E-state index contributed by atoms with van der Waals surface area (Å²) in [5.41, 5.74) is 1.16. The first kappa shape index (κ1) is 17.7. The van der Waals surface area contributed by atoms with E-state index in [2.05, 4.69) is 22.3 Å². The van der Waals surface area contributed by atoms with Gasteiger partial charge in [-0.3, -0.25) is 4.79 Å². The van der Waals surface area contributed by atoms with E-state index in [1.54, 1.807) is 12.1 Å². The van der Waals surface area contributed by atoms with E-state index in [0.717, 1.165) is 10.5 Å². The van der Waals surface area contributed by atoms with Gasteiger partial charge in [-0.1, -0.05) is 35.5 Å². The molecule has 0 aliphatic carbocycles. The molecule has 0 saturated carbocycles. The maximum Gasteiger partial charge on any atom is 0.232 e. The number of hydrogen-bond acceptors (Lipinski definition) is 5. The number of hydrogen-bond donors (Lipinski definition) is 0. The molecule has 0 radical (unpaired) electrons. The zero-order valence-corrected chi connectivity index (χ0v) is 15.3. The number of carbonyl (C=O) groups excluding carboxylic acids is 1. The fourth-order valence-corrected chi connectivity index (χ4v) is 4.22. The molecule has 1 aliphatic heterocycles. The summed E-state index contributed by atoms with van der Waals surface area (Å²) in [4.78, 5) is 19.7. The molecule has 2 atom stereocenters. The molecule has 1 amide bonds. The first-order valence-corrected chi connectivity index (χ1v) is 9.66. The number of thioether (sulfide) groups is 1. The predicted octanol–water partition coefficient (Wildman–Crippen LogP) is 3.71. The Kier molecular flexibility index (Phi) is 5.20. The lowest BCUT2D eigenvalue weighted by Gasteiger charge is -2.16. The molecule has 2 aromatic carbocycles. The number of likely N-dealkylation sites (tertiary alicyclic amines) is 1. The van der Waals surface area contributed by atoms with Crippen LogP contribution in [0.3, 0.4) is 0 Å². The number of aromatic nitrogens is 2. The summed E-state index contributed by atoms with van der Waals surface area (Å²) in [6.45, 7) is 1.17. The van der Waals surface area contributed by atoms with Crippen LogP contribution in [0.1, 0.15) is 23.2 Å². The summed E-state index contributed by atoms with van der Waals surface area (Å²) in [7, 11) is 0. The average Bonchev–Trinajstić information content (AvgIpc) is 3.37. The molecule has 1 fully saturated rings. The van der Waals surface area contributed by atoms with Gasteiger partial charge in [-0.25, -0.2) is 4.39 Å². The molecule has 27 heavy (non-hydrogen) atoms. The van der Waals surface area contributed by atoms with E-state index in [1.165, 1.54) is 30.3 Å². The van der Waals surface area contributed by atoms with Crippen LogP contribution in [0.2, 0.25) is 0 Å². The Balaban J connectivity index is 1.47. The van der Waals surface area contributed by atoms with E-state index in [1.807, 2.05) is 23.1 Å². The van der Waals surface area contributed by atoms with Crippen LogP contribution in [0, 0.1) is 5.82 Å². The van der Waals surface area contributed by atoms with Crippen molar-refractivity contribution in [3.63, 3.8) is 0 Å². The van der Waals surface area contributed by atoms with Crippen LogP contribution in [0.25, 0.3) is 0 Å². The Morgan fingerprint density at radius 1 is 1.11 bits per heavy atom. The molecule has 7 heteroatoms. The molecule has 1 aliphatic rings. The number of nitrogens with zero attached hydrogens (tertiary/aromatic N) is 3. The number of benzene rings is 2. The van der Waals surface area contributed by atoms with Crippen LogP contribution < -0.4 is 0 Å². The summed E-state index contributed by atoms with van der Waals surface area (Å²) in [6.07, 6.45) is 1.33. The van der Waals surface area contributed by atoms with Crippen molar-refractivity contribution in [1.82, 2.24) is 15.0 Å². The van der Waals surface area contributed by atoms with Crippen LogP contribution in [0.15, 0.2) is 70.4 Å². The molecule has 0 bridgehead atoms. The van der Waals surface area contributed by atoms with Gasteiger partial charge in [-0.15, -0.1) is 11.8 Å². The lowest BCUT2D eigenvalue weighted by atomic mass is 9.88. The third-order valence-corrected chi connectivity index (χ3v) is 5.78. The number of rotatable bonds is 5. The van der Waals surface area contributed by atoms with E-state index >= 15 is 0 Å². The summed E-state index contributed by atoms with van der Waals surface area (Å²) < 4.78 is 17.9. The van der Waals surface area contributed by atoms with Crippen LogP contribution in [0.4, 0.5) is 4.39 Å². The molecule has 0 spiro atoms. The zero-order chi connectivity index (χ0) is 18.6. The molecule has 138 valence electrons. The topological polar surface area (TPSA) is 59.2 Å². The van der Waals surface area contributed by atoms with Crippen molar-refractivity contribution in [2.24, 2.45) is 0 Å². The zero-order valence-electron chi connectivity index (χ0n) is 14.5. The molecular weight excluding hydrogens is 365 g/mol. The molecule has 2 heterocycles. The maximum absolute atomic E-state index is 13.0. The molecule has 0 unspecified atom stereocenters. The Bertz CT molecular complexity index is 887. The fourth-order valence-electron chi connectivity index (χ4n) is 3.42. The van der Waals surface area contributed by atoms with Crippen molar-refractivity contribution in [3.05, 3.63) is 78.2 Å². The van der Waals surface area contributed by atoms with Gasteiger partial charge in [0.05, 0.1) is 5.75 Å². The van der Waals surface area contributed by atoms with Gasteiger partial charge in [0.15, 0.2) is 5.82 Å². The molecule has 5 nitrogen and oxygen atoms in total. The van der Waals surface area contributed by atoms with E-state index in [-0.39, 0.29) is 23.6 Å². The van der Waals surface area contributed by atoms with Gasteiger partial charge < -0.3 is 9.42 Å². The Morgan fingerprint density at radius 3 is 2.56 bits per heavy atom. The quantitative estimate of drug-likeness (QED) is 0.629. The highest BCUT2D eigenvalue weighted by atomic mass is 32.2. The van der Waals surface area contributed by atoms with Gasteiger partial charge in [0.25, 0.3) is 0 Å². The lowest BCUT2D eigenvalue weighted by Crippen LogP contribution is -2.30. The van der Waals surface area contributed by atoms with E-state index in [4.69, 9.17) is 4.52 Å². The average molecular weight is 383 g/mol. The lowest BCUT2D eigenvalue weighted by molar-refractivity contribution is -0.127. The van der Waals surface area contributed by atoms with Crippen molar-refractivity contribution in [3.8, 4) is 0 Å². The monoisotopic (exact) mass is 383 g/mol. The first-order valence-electron chi connectivity index (χ1n) is 8.68. The Morgan fingerprint density at radius 2 is 1.85 bits per heavy atom. The maximum atomic E-state index is 13.0. The molecule has 1 aromatic heterocycles. The van der Waals surface area contributed by atoms with Gasteiger partial charge >= 0.3 is 0 Å². The van der Waals surface area contributed by atoms with Gasteiger partial charge in [-0.2, -0.15) is 4.98 Å². The largest absolute Gasteiger partial charge is 0.343 e. The van der Waals surface area contributed by atoms with Crippen LogP contribution in [0.5, 0.6) is 0 Å². The van der Waals surface area contributed by atoms with E-state index in [0.29, 0.717) is 24.7 Å². The minimum Gasteiger partial charge on any atom is -0.343 e. The second kappa shape index (κ2) is 7.92.